The molecule has 2 rings (SSSR count). The Morgan fingerprint density at radius 1 is 1.08 bits per heavy atom. The second-order valence-electron chi connectivity index (χ2n) is 5.53. The van der Waals surface area contributed by atoms with E-state index in [1.807, 2.05) is 25.1 Å². The maximum Gasteiger partial charge on any atom is 0.347 e. The number of para-hydroxylation sites is 1. The predicted octanol–water partition coefficient (Wildman–Crippen LogP) is 3.53. The first-order valence-corrected chi connectivity index (χ1v) is 8.26. The zero-order chi connectivity index (χ0) is 18.2. The van der Waals surface area contributed by atoms with Gasteiger partial charge in [-0.05, 0) is 43.7 Å². The van der Waals surface area contributed by atoms with Crippen LogP contribution in [-0.4, -0.2) is 24.6 Å². The molecule has 5 nitrogen and oxygen atoms in total. The molecule has 0 aliphatic heterocycles. The topological polar surface area (TPSA) is 64.6 Å². The Hall–Kier alpha value is -2.53. The predicted molar refractivity (Wildman–Crippen MR) is 95.5 cm³/mol. The Morgan fingerprint density at radius 3 is 2.48 bits per heavy atom. The summed E-state index contributed by atoms with van der Waals surface area (Å²) in [6, 6.07) is 15.9. The molecule has 1 N–H and O–H groups in total. The molecule has 0 aliphatic rings. The Kier molecular flexibility index (Phi) is 6.83. The van der Waals surface area contributed by atoms with E-state index in [4.69, 9.17) is 21.1 Å². The minimum Gasteiger partial charge on any atom is -0.479 e. The summed E-state index contributed by atoms with van der Waals surface area (Å²) in [7, 11) is 0. The maximum atomic E-state index is 11.9. The van der Waals surface area contributed by atoms with Crippen molar-refractivity contribution in [2.24, 2.45) is 0 Å². The largest absolute Gasteiger partial charge is 0.479 e. The highest BCUT2D eigenvalue weighted by atomic mass is 35.5. The molecule has 0 heterocycles. The fourth-order valence-corrected chi connectivity index (χ4v) is 2.35. The molecule has 0 aromatic heterocycles. The molecule has 2 aromatic carbocycles. The van der Waals surface area contributed by atoms with Crippen LogP contribution >= 0.6 is 11.6 Å². The van der Waals surface area contributed by atoms with Gasteiger partial charge in [0.15, 0.2) is 12.7 Å². The summed E-state index contributed by atoms with van der Waals surface area (Å²) in [6.45, 7) is 3.03. The van der Waals surface area contributed by atoms with E-state index in [9.17, 15) is 9.59 Å². The summed E-state index contributed by atoms with van der Waals surface area (Å²) < 4.78 is 10.4. The minimum atomic E-state index is -0.805. The molecule has 0 unspecified atom stereocenters. The van der Waals surface area contributed by atoms with Gasteiger partial charge in [0, 0.05) is 5.02 Å². The van der Waals surface area contributed by atoms with Crippen molar-refractivity contribution in [3.8, 4) is 5.75 Å². The molecule has 0 saturated carbocycles. The average molecular weight is 362 g/mol. The van der Waals surface area contributed by atoms with Gasteiger partial charge in [-0.25, -0.2) is 4.79 Å². The van der Waals surface area contributed by atoms with E-state index in [0.717, 1.165) is 5.56 Å². The number of halogens is 1. The molecule has 0 fully saturated rings. The molecule has 25 heavy (non-hydrogen) atoms. The maximum absolute atomic E-state index is 11.9. The number of esters is 1. The summed E-state index contributed by atoms with van der Waals surface area (Å²) in [5.74, 6) is -0.437. The van der Waals surface area contributed by atoms with Gasteiger partial charge >= 0.3 is 5.97 Å². The van der Waals surface area contributed by atoms with Gasteiger partial charge < -0.3 is 14.8 Å². The molecule has 0 radical (unpaired) electrons. The Labute approximate surface area is 151 Å². The van der Waals surface area contributed by atoms with Crippen molar-refractivity contribution in [2.45, 2.75) is 26.0 Å². The van der Waals surface area contributed by atoms with Crippen LogP contribution in [0.3, 0.4) is 0 Å². The van der Waals surface area contributed by atoms with Gasteiger partial charge in [0.05, 0.1) is 6.04 Å². The van der Waals surface area contributed by atoms with Crippen LogP contribution in [0.4, 0.5) is 0 Å². The smallest absolute Gasteiger partial charge is 0.347 e. The van der Waals surface area contributed by atoms with E-state index < -0.39 is 18.0 Å². The van der Waals surface area contributed by atoms with Gasteiger partial charge in [-0.1, -0.05) is 41.9 Å². The summed E-state index contributed by atoms with van der Waals surface area (Å²) in [4.78, 5) is 23.8. The van der Waals surface area contributed by atoms with E-state index in [0.29, 0.717) is 10.8 Å². The summed E-state index contributed by atoms with van der Waals surface area (Å²) in [5.41, 5.74) is 0.868. The number of benzene rings is 2. The molecule has 0 spiro atoms. The first-order chi connectivity index (χ1) is 12.0. The van der Waals surface area contributed by atoms with Crippen molar-refractivity contribution in [1.82, 2.24) is 5.32 Å². The third-order valence-corrected chi connectivity index (χ3v) is 3.69. The SMILES string of the molecule is C[C@H](NC(=O)COC(=O)[C@@H](C)Oc1ccccc1)c1cccc(Cl)c1. The van der Waals surface area contributed by atoms with Crippen LogP contribution < -0.4 is 10.1 Å². The number of amides is 1. The summed E-state index contributed by atoms with van der Waals surface area (Å²) >= 11 is 5.93. The first-order valence-electron chi connectivity index (χ1n) is 7.89. The number of hydrogen-bond acceptors (Lipinski definition) is 4. The molecular weight excluding hydrogens is 342 g/mol. The van der Waals surface area contributed by atoms with Crippen LogP contribution in [0.2, 0.25) is 5.02 Å². The fourth-order valence-electron chi connectivity index (χ4n) is 2.15. The quantitative estimate of drug-likeness (QED) is 0.766. The number of hydrogen-bond donors (Lipinski definition) is 1. The van der Waals surface area contributed by atoms with Gasteiger partial charge in [-0.3, -0.25) is 4.79 Å². The Balaban J connectivity index is 1.78. The van der Waals surface area contributed by atoms with Crippen molar-refractivity contribution in [2.75, 3.05) is 6.61 Å². The number of ether oxygens (including phenoxy) is 2. The van der Waals surface area contributed by atoms with Gasteiger partial charge in [0.25, 0.3) is 5.91 Å². The lowest BCUT2D eigenvalue weighted by atomic mass is 10.1. The van der Waals surface area contributed by atoms with Gasteiger partial charge in [-0.15, -0.1) is 0 Å². The normalized spacial score (nSPS) is 12.8. The summed E-state index contributed by atoms with van der Waals surface area (Å²) in [5, 5.41) is 3.35. The second kappa shape index (κ2) is 9.08. The van der Waals surface area contributed by atoms with Crippen LogP contribution in [0.25, 0.3) is 0 Å². The van der Waals surface area contributed by atoms with Crippen molar-refractivity contribution < 1.29 is 19.1 Å². The minimum absolute atomic E-state index is 0.247. The van der Waals surface area contributed by atoms with Gasteiger partial charge in [0.2, 0.25) is 0 Å². The third kappa shape index (κ3) is 6.12. The van der Waals surface area contributed by atoms with E-state index >= 15 is 0 Å². The Bertz CT molecular complexity index is 720. The van der Waals surface area contributed by atoms with Crippen LogP contribution in [0, 0.1) is 0 Å². The highest BCUT2D eigenvalue weighted by Crippen LogP contribution is 2.17. The van der Waals surface area contributed by atoms with Crippen LogP contribution in [0.5, 0.6) is 5.75 Å². The summed E-state index contributed by atoms with van der Waals surface area (Å²) in [6.07, 6.45) is -0.805. The zero-order valence-corrected chi connectivity index (χ0v) is 14.8. The first kappa shape index (κ1) is 18.8. The number of nitrogens with one attached hydrogen (secondary N) is 1. The van der Waals surface area contributed by atoms with Crippen LogP contribution in [0.15, 0.2) is 54.6 Å². The molecule has 1 amide bonds. The van der Waals surface area contributed by atoms with E-state index in [2.05, 4.69) is 5.32 Å². The monoisotopic (exact) mass is 361 g/mol. The number of carbonyl (C=O) groups excluding carboxylic acids is 2. The zero-order valence-electron chi connectivity index (χ0n) is 14.1. The van der Waals surface area contributed by atoms with Gasteiger partial charge in [-0.2, -0.15) is 0 Å². The molecule has 0 saturated heterocycles. The van der Waals surface area contributed by atoms with Crippen LogP contribution in [-0.2, 0) is 14.3 Å². The van der Waals surface area contributed by atoms with Crippen molar-refractivity contribution in [3.63, 3.8) is 0 Å². The van der Waals surface area contributed by atoms with Crippen molar-refractivity contribution in [1.29, 1.82) is 0 Å². The van der Waals surface area contributed by atoms with Gasteiger partial charge in [0.1, 0.15) is 5.75 Å². The molecule has 2 atom stereocenters. The molecule has 0 aliphatic carbocycles. The van der Waals surface area contributed by atoms with E-state index in [-0.39, 0.29) is 12.6 Å². The second-order valence-corrected chi connectivity index (χ2v) is 5.96. The van der Waals surface area contributed by atoms with E-state index in [1.54, 1.807) is 43.3 Å². The molecule has 132 valence electrons. The number of carbonyl (C=O) groups is 2. The van der Waals surface area contributed by atoms with Crippen LogP contribution in [0.1, 0.15) is 25.5 Å². The highest BCUT2D eigenvalue weighted by Gasteiger charge is 2.18. The molecule has 6 heteroatoms. The Morgan fingerprint density at radius 2 is 1.80 bits per heavy atom. The number of rotatable bonds is 7. The lowest BCUT2D eigenvalue weighted by Crippen LogP contribution is -2.34. The molecular formula is C19H20ClNO4. The fraction of sp³-hybridized carbons (Fsp3) is 0.263. The molecule has 0 bridgehead atoms. The van der Waals surface area contributed by atoms with Crippen molar-refractivity contribution in [3.05, 3.63) is 65.2 Å². The lowest BCUT2D eigenvalue weighted by molar-refractivity contribution is -0.154. The molecule has 2 aromatic rings. The third-order valence-electron chi connectivity index (χ3n) is 3.46. The lowest BCUT2D eigenvalue weighted by Gasteiger charge is -2.16. The highest BCUT2D eigenvalue weighted by molar-refractivity contribution is 6.30. The average Bonchev–Trinajstić information content (AvgIpc) is 2.60. The van der Waals surface area contributed by atoms with Crippen molar-refractivity contribution >= 4 is 23.5 Å². The standard InChI is InChI=1S/C19H20ClNO4/c1-13(15-7-6-8-16(20)11-15)21-18(22)12-24-19(23)14(2)25-17-9-4-3-5-10-17/h3-11,13-14H,12H2,1-2H3,(H,21,22)/t13-,14+/m0/s1. The van der Waals surface area contributed by atoms with E-state index in [1.165, 1.54) is 0 Å².